The van der Waals surface area contributed by atoms with Crippen molar-refractivity contribution in [1.29, 1.82) is 0 Å². The van der Waals surface area contributed by atoms with Crippen LogP contribution in [0.2, 0.25) is 5.02 Å². The summed E-state index contributed by atoms with van der Waals surface area (Å²) in [7, 11) is 0. The topological polar surface area (TPSA) is 48.5 Å². The van der Waals surface area contributed by atoms with E-state index < -0.39 is 0 Å². The fraction of sp³-hybridized carbons (Fsp3) is 0.300. The monoisotopic (exact) mass is 400 g/mol. The number of halogens is 1. The molecule has 0 unspecified atom stereocenters. The summed E-state index contributed by atoms with van der Waals surface area (Å²) in [5, 5.41) is 4.41. The molecule has 1 aliphatic rings. The normalized spacial score (nSPS) is 15.9. The second kappa shape index (κ2) is 8.35. The van der Waals surface area contributed by atoms with Crippen molar-refractivity contribution >= 4 is 44.2 Å². The Morgan fingerprint density at radius 3 is 2.52 bits per heavy atom. The fourth-order valence-corrected chi connectivity index (χ4v) is 4.34. The Kier molecular flexibility index (Phi) is 5.69. The van der Waals surface area contributed by atoms with Gasteiger partial charge in [-0.25, -0.2) is 4.98 Å². The number of carbonyl (C=O) groups is 1. The van der Waals surface area contributed by atoms with E-state index in [-0.39, 0.29) is 5.91 Å². The molecule has 0 saturated carbocycles. The Balaban J connectivity index is 1.26. The molecule has 27 heavy (non-hydrogen) atoms. The van der Waals surface area contributed by atoms with Crippen molar-refractivity contribution in [2.45, 2.75) is 6.54 Å². The Hall–Kier alpha value is -1.99. The van der Waals surface area contributed by atoms with Gasteiger partial charge in [0, 0.05) is 37.7 Å². The van der Waals surface area contributed by atoms with E-state index in [0.717, 1.165) is 53.5 Å². The highest BCUT2D eigenvalue weighted by Gasteiger charge is 2.20. The average molecular weight is 401 g/mol. The van der Waals surface area contributed by atoms with Gasteiger partial charge in [-0.1, -0.05) is 53.3 Å². The van der Waals surface area contributed by atoms with E-state index in [9.17, 15) is 4.79 Å². The van der Waals surface area contributed by atoms with Gasteiger partial charge in [0.15, 0.2) is 5.13 Å². The second-order valence-corrected chi connectivity index (χ2v) is 8.12. The number of hydrogen-bond donors (Lipinski definition) is 1. The molecule has 140 valence electrons. The van der Waals surface area contributed by atoms with Crippen molar-refractivity contribution in [1.82, 2.24) is 14.8 Å². The van der Waals surface area contributed by atoms with Crippen LogP contribution in [0.25, 0.3) is 10.2 Å². The second-order valence-electron chi connectivity index (χ2n) is 6.68. The molecular weight excluding hydrogens is 380 g/mol. The molecule has 2 aromatic carbocycles. The minimum atomic E-state index is -0.00592. The van der Waals surface area contributed by atoms with Gasteiger partial charge in [-0.3, -0.25) is 14.6 Å². The number of nitrogens with zero attached hydrogens (tertiary/aromatic N) is 3. The predicted octanol–water partition coefficient (Wildman–Crippen LogP) is 3.71. The lowest BCUT2D eigenvalue weighted by atomic mass is 10.2. The lowest BCUT2D eigenvalue weighted by Crippen LogP contribution is -2.48. The zero-order valence-corrected chi connectivity index (χ0v) is 16.5. The number of amides is 1. The SMILES string of the molecule is O=C(CN1CCN(Cc2ccccc2Cl)CC1)Nc1nc2ccccc2s1. The maximum atomic E-state index is 12.4. The van der Waals surface area contributed by atoms with Crippen molar-refractivity contribution in [2.24, 2.45) is 0 Å². The number of aromatic nitrogens is 1. The summed E-state index contributed by atoms with van der Waals surface area (Å²) in [5.41, 5.74) is 2.08. The van der Waals surface area contributed by atoms with E-state index in [1.807, 2.05) is 42.5 Å². The molecule has 1 fully saturated rings. The first-order valence-corrected chi connectivity index (χ1v) is 10.2. The largest absolute Gasteiger partial charge is 0.301 e. The van der Waals surface area contributed by atoms with E-state index in [1.165, 1.54) is 11.3 Å². The van der Waals surface area contributed by atoms with Gasteiger partial charge in [0.2, 0.25) is 5.91 Å². The van der Waals surface area contributed by atoms with Gasteiger partial charge in [0.05, 0.1) is 16.8 Å². The first-order chi connectivity index (χ1) is 13.2. The van der Waals surface area contributed by atoms with Crippen LogP contribution in [0.15, 0.2) is 48.5 Å². The minimum Gasteiger partial charge on any atom is -0.301 e. The molecule has 4 rings (SSSR count). The van der Waals surface area contributed by atoms with Crippen molar-refractivity contribution in [2.75, 3.05) is 38.0 Å². The molecule has 0 bridgehead atoms. The minimum absolute atomic E-state index is 0.00592. The van der Waals surface area contributed by atoms with Crippen LogP contribution in [0.1, 0.15) is 5.56 Å². The fourth-order valence-electron chi connectivity index (χ4n) is 3.26. The van der Waals surface area contributed by atoms with Crippen LogP contribution in [0.3, 0.4) is 0 Å². The summed E-state index contributed by atoms with van der Waals surface area (Å²) >= 11 is 7.76. The number of anilines is 1. The number of piperazine rings is 1. The summed E-state index contributed by atoms with van der Waals surface area (Å²) in [6.45, 7) is 4.86. The van der Waals surface area contributed by atoms with Crippen LogP contribution >= 0.6 is 22.9 Å². The molecule has 0 aliphatic carbocycles. The number of fused-ring (bicyclic) bond motifs is 1. The molecule has 5 nitrogen and oxygen atoms in total. The zero-order valence-electron chi connectivity index (χ0n) is 14.9. The number of hydrogen-bond acceptors (Lipinski definition) is 5. The van der Waals surface area contributed by atoms with Gasteiger partial charge in [-0.15, -0.1) is 0 Å². The van der Waals surface area contributed by atoms with Crippen LogP contribution in [-0.4, -0.2) is 53.4 Å². The Morgan fingerprint density at radius 1 is 1.04 bits per heavy atom. The summed E-state index contributed by atoms with van der Waals surface area (Å²) in [4.78, 5) is 21.4. The molecule has 1 amide bonds. The number of rotatable bonds is 5. The van der Waals surface area contributed by atoms with Crippen LogP contribution in [0, 0.1) is 0 Å². The maximum Gasteiger partial charge on any atom is 0.240 e. The zero-order chi connectivity index (χ0) is 18.6. The third-order valence-electron chi connectivity index (χ3n) is 4.72. The molecular formula is C20H21ClN4OS. The van der Waals surface area contributed by atoms with E-state index in [4.69, 9.17) is 11.6 Å². The molecule has 1 aliphatic heterocycles. The van der Waals surface area contributed by atoms with E-state index in [0.29, 0.717) is 11.7 Å². The van der Waals surface area contributed by atoms with Gasteiger partial charge >= 0.3 is 0 Å². The van der Waals surface area contributed by atoms with Crippen LogP contribution in [0.5, 0.6) is 0 Å². The first kappa shape index (κ1) is 18.4. The highest BCUT2D eigenvalue weighted by molar-refractivity contribution is 7.22. The Morgan fingerprint density at radius 2 is 1.74 bits per heavy atom. The highest BCUT2D eigenvalue weighted by Crippen LogP contribution is 2.25. The summed E-state index contributed by atoms with van der Waals surface area (Å²) in [6.07, 6.45) is 0. The molecule has 1 aromatic heterocycles. The predicted molar refractivity (Wildman–Crippen MR) is 111 cm³/mol. The summed E-state index contributed by atoms with van der Waals surface area (Å²) in [5.74, 6) is -0.00592. The molecule has 0 spiro atoms. The quantitative estimate of drug-likeness (QED) is 0.709. The maximum absolute atomic E-state index is 12.4. The van der Waals surface area contributed by atoms with Gasteiger partial charge in [0.25, 0.3) is 0 Å². The number of carbonyl (C=O) groups excluding carboxylic acids is 1. The van der Waals surface area contributed by atoms with Gasteiger partial charge < -0.3 is 5.32 Å². The standard InChI is InChI=1S/C20H21ClN4OS/c21-16-6-2-1-5-15(16)13-24-9-11-25(12-10-24)14-19(26)23-20-22-17-7-3-4-8-18(17)27-20/h1-8H,9-14H2,(H,22,23,26). The Labute approximate surface area is 167 Å². The lowest BCUT2D eigenvalue weighted by Gasteiger charge is -2.34. The van der Waals surface area contributed by atoms with Crippen LogP contribution in [-0.2, 0) is 11.3 Å². The molecule has 1 N–H and O–H groups in total. The summed E-state index contributed by atoms with van der Waals surface area (Å²) in [6, 6.07) is 15.9. The third kappa shape index (κ3) is 4.65. The van der Waals surface area contributed by atoms with E-state index >= 15 is 0 Å². The van der Waals surface area contributed by atoms with Crippen molar-refractivity contribution in [3.05, 3.63) is 59.1 Å². The smallest absolute Gasteiger partial charge is 0.240 e. The highest BCUT2D eigenvalue weighted by atomic mass is 35.5. The molecule has 2 heterocycles. The molecule has 3 aromatic rings. The summed E-state index contributed by atoms with van der Waals surface area (Å²) < 4.78 is 1.08. The average Bonchev–Trinajstić information content (AvgIpc) is 3.07. The van der Waals surface area contributed by atoms with Gasteiger partial charge in [0.1, 0.15) is 0 Å². The van der Waals surface area contributed by atoms with Crippen LogP contribution < -0.4 is 5.32 Å². The first-order valence-electron chi connectivity index (χ1n) is 9.01. The van der Waals surface area contributed by atoms with Gasteiger partial charge in [-0.05, 0) is 23.8 Å². The number of para-hydroxylation sites is 1. The van der Waals surface area contributed by atoms with Crippen molar-refractivity contribution in [3.63, 3.8) is 0 Å². The third-order valence-corrected chi connectivity index (χ3v) is 6.04. The van der Waals surface area contributed by atoms with Crippen molar-refractivity contribution < 1.29 is 4.79 Å². The van der Waals surface area contributed by atoms with Crippen LogP contribution in [0.4, 0.5) is 5.13 Å². The number of nitrogens with one attached hydrogen (secondary N) is 1. The number of thiazole rings is 1. The van der Waals surface area contributed by atoms with Crippen molar-refractivity contribution in [3.8, 4) is 0 Å². The lowest BCUT2D eigenvalue weighted by molar-refractivity contribution is -0.117. The van der Waals surface area contributed by atoms with E-state index in [2.05, 4.69) is 26.2 Å². The molecule has 0 radical (unpaired) electrons. The van der Waals surface area contributed by atoms with Gasteiger partial charge in [-0.2, -0.15) is 0 Å². The Bertz CT molecular complexity index is 903. The van der Waals surface area contributed by atoms with E-state index in [1.54, 1.807) is 0 Å². The molecule has 1 saturated heterocycles. The molecule has 0 atom stereocenters. The molecule has 7 heteroatoms. The number of benzene rings is 2.